The van der Waals surface area contributed by atoms with Crippen molar-refractivity contribution in [2.75, 3.05) is 5.32 Å². The van der Waals surface area contributed by atoms with Crippen molar-refractivity contribution in [3.63, 3.8) is 0 Å². The van der Waals surface area contributed by atoms with E-state index in [9.17, 15) is 19.2 Å². The van der Waals surface area contributed by atoms with Gasteiger partial charge in [0.25, 0.3) is 5.56 Å². The first-order valence-corrected chi connectivity index (χ1v) is 12.7. The maximum atomic E-state index is 13.4. The average molecular weight is 496 g/mol. The van der Waals surface area contributed by atoms with E-state index in [1.54, 1.807) is 31.2 Å². The molecule has 1 aliphatic rings. The van der Waals surface area contributed by atoms with Crippen LogP contribution in [0.3, 0.4) is 0 Å². The van der Waals surface area contributed by atoms with E-state index in [-0.39, 0.29) is 23.4 Å². The number of fused-ring (bicyclic) bond motifs is 1. The summed E-state index contributed by atoms with van der Waals surface area (Å²) in [4.78, 5) is 56.0. The van der Waals surface area contributed by atoms with Crippen molar-refractivity contribution >= 4 is 44.9 Å². The van der Waals surface area contributed by atoms with Crippen LogP contribution in [0.15, 0.2) is 35.4 Å². The van der Waals surface area contributed by atoms with E-state index >= 15 is 0 Å². The summed E-state index contributed by atoms with van der Waals surface area (Å²) in [7, 11) is 0. The van der Waals surface area contributed by atoms with Crippen LogP contribution < -0.4 is 10.9 Å². The number of Topliss-reactive ketones (excluding diaryl/α,β-unsaturated/α-hetero) is 1. The molecular weight excluding hydrogens is 466 g/mol. The number of hydrogen-bond acceptors (Lipinski definition) is 7. The predicted octanol–water partition coefficient (Wildman–Crippen LogP) is 5.05. The van der Waals surface area contributed by atoms with Gasteiger partial charge >= 0.3 is 5.97 Å². The van der Waals surface area contributed by atoms with Crippen molar-refractivity contribution in [3.8, 4) is 0 Å². The molecule has 2 aromatic heterocycles. The minimum atomic E-state index is -0.788. The van der Waals surface area contributed by atoms with Gasteiger partial charge in [0.05, 0.1) is 11.7 Å². The maximum Gasteiger partial charge on any atom is 0.348 e. The molecule has 1 atom stereocenters. The molecular formula is C26H29N3O5S. The third-order valence-electron chi connectivity index (χ3n) is 6.47. The number of carbonyl (C=O) groups is 3. The van der Waals surface area contributed by atoms with Gasteiger partial charge in [0, 0.05) is 11.3 Å². The topological polar surface area (TPSA) is 107 Å². The number of anilines is 1. The highest BCUT2D eigenvalue weighted by atomic mass is 32.1. The second-order valence-corrected chi connectivity index (χ2v) is 9.90. The molecule has 1 N–H and O–H groups in total. The zero-order valence-electron chi connectivity index (χ0n) is 20.1. The molecule has 0 bridgehead atoms. The molecule has 0 spiro atoms. The molecule has 9 heteroatoms. The molecule has 1 aromatic carbocycles. The number of ketones is 1. The minimum absolute atomic E-state index is 0.0617. The number of nitrogens with one attached hydrogen (secondary N) is 1. The highest BCUT2D eigenvalue weighted by Crippen LogP contribution is 2.30. The van der Waals surface area contributed by atoms with Gasteiger partial charge in [0.1, 0.15) is 21.9 Å². The Balaban J connectivity index is 1.59. The fourth-order valence-electron chi connectivity index (χ4n) is 4.46. The number of ether oxygens (including phenoxy) is 1. The largest absolute Gasteiger partial charge is 0.458 e. The van der Waals surface area contributed by atoms with Crippen molar-refractivity contribution in [2.45, 2.75) is 71.4 Å². The summed E-state index contributed by atoms with van der Waals surface area (Å²) in [5, 5.41) is 3.15. The molecule has 2 heterocycles. The first-order valence-electron chi connectivity index (χ1n) is 11.9. The molecule has 1 fully saturated rings. The van der Waals surface area contributed by atoms with Crippen LogP contribution in [0.25, 0.3) is 10.2 Å². The van der Waals surface area contributed by atoms with E-state index in [1.807, 2.05) is 6.92 Å². The number of amides is 1. The number of benzene rings is 1. The Morgan fingerprint density at radius 3 is 2.49 bits per heavy atom. The van der Waals surface area contributed by atoms with Crippen LogP contribution in [0.2, 0.25) is 0 Å². The monoisotopic (exact) mass is 495 g/mol. The predicted molar refractivity (Wildman–Crippen MR) is 135 cm³/mol. The zero-order valence-corrected chi connectivity index (χ0v) is 20.9. The molecule has 35 heavy (non-hydrogen) atoms. The van der Waals surface area contributed by atoms with Crippen LogP contribution in [0, 0.1) is 6.92 Å². The van der Waals surface area contributed by atoms with Crippen molar-refractivity contribution in [1.82, 2.24) is 9.55 Å². The zero-order chi connectivity index (χ0) is 25.1. The highest BCUT2D eigenvalue weighted by Gasteiger charge is 2.26. The van der Waals surface area contributed by atoms with Crippen LogP contribution in [0.4, 0.5) is 5.69 Å². The van der Waals surface area contributed by atoms with Gasteiger partial charge in [-0.2, -0.15) is 0 Å². The Morgan fingerprint density at radius 1 is 1.17 bits per heavy atom. The standard InChI is InChI=1S/C26H29N3O5S/c1-4-20(23(31)28-18-12-10-17(11-13-18)16(3)30)29-14-27-24-21(25(29)32)15(2)22(35-24)26(33)34-19-8-6-5-7-9-19/h10-14,19-20H,4-9H2,1-3H3,(H,28,31). The molecule has 3 aromatic rings. The van der Waals surface area contributed by atoms with Crippen molar-refractivity contribution < 1.29 is 19.1 Å². The lowest BCUT2D eigenvalue weighted by molar-refractivity contribution is -0.119. The number of nitrogens with zero attached hydrogens (tertiary/aromatic N) is 2. The first-order chi connectivity index (χ1) is 16.8. The van der Waals surface area contributed by atoms with Crippen LogP contribution in [0.5, 0.6) is 0 Å². The van der Waals surface area contributed by atoms with E-state index in [4.69, 9.17) is 4.74 Å². The smallest absolute Gasteiger partial charge is 0.348 e. The summed E-state index contributed by atoms with van der Waals surface area (Å²) in [6, 6.07) is 5.80. The van der Waals surface area contributed by atoms with Gasteiger partial charge in [-0.05, 0) is 75.8 Å². The maximum absolute atomic E-state index is 13.4. The molecule has 0 saturated heterocycles. The van der Waals surface area contributed by atoms with Gasteiger partial charge in [-0.25, -0.2) is 9.78 Å². The molecule has 8 nitrogen and oxygen atoms in total. The van der Waals surface area contributed by atoms with Gasteiger partial charge in [0.2, 0.25) is 5.91 Å². The Bertz CT molecular complexity index is 1320. The van der Waals surface area contributed by atoms with Crippen molar-refractivity contribution in [2.24, 2.45) is 0 Å². The van der Waals surface area contributed by atoms with E-state index < -0.39 is 12.0 Å². The molecule has 184 valence electrons. The average Bonchev–Trinajstić information content (AvgIpc) is 3.19. The van der Waals surface area contributed by atoms with Crippen LogP contribution in [0.1, 0.15) is 84.0 Å². The van der Waals surface area contributed by atoms with Crippen molar-refractivity contribution in [3.05, 3.63) is 57.0 Å². The van der Waals surface area contributed by atoms with E-state index in [0.29, 0.717) is 38.3 Å². The quantitative estimate of drug-likeness (QED) is 0.363. The Labute approximate surface area is 207 Å². The van der Waals surface area contributed by atoms with Gasteiger partial charge in [0.15, 0.2) is 5.78 Å². The molecule has 0 radical (unpaired) electrons. The van der Waals surface area contributed by atoms with E-state index in [0.717, 1.165) is 43.4 Å². The summed E-state index contributed by atoms with van der Waals surface area (Å²) in [6.07, 6.45) is 6.65. The summed E-state index contributed by atoms with van der Waals surface area (Å²) in [6.45, 7) is 5.01. The normalized spacial score (nSPS) is 15.1. The third kappa shape index (κ3) is 5.19. The Hall–Kier alpha value is -3.33. The number of thiophene rings is 1. The number of esters is 1. The number of aromatic nitrogens is 2. The summed E-state index contributed by atoms with van der Waals surface area (Å²) in [5.41, 5.74) is 1.24. The summed E-state index contributed by atoms with van der Waals surface area (Å²) < 4.78 is 7.02. The first kappa shape index (κ1) is 24.8. The molecule has 4 rings (SSSR count). The number of carbonyl (C=O) groups excluding carboxylic acids is 3. The number of aryl methyl sites for hydroxylation is 1. The molecule has 0 aliphatic heterocycles. The molecule has 1 saturated carbocycles. The fraction of sp³-hybridized carbons (Fsp3) is 0.423. The summed E-state index contributed by atoms with van der Waals surface area (Å²) >= 11 is 1.15. The molecule has 1 unspecified atom stereocenters. The van der Waals surface area contributed by atoms with E-state index in [1.165, 1.54) is 17.8 Å². The second kappa shape index (κ2) is 10.5. The van der Waals surface area contributed by atoms with E-state index in [2.05, 4.69) is 10.3 Å². The van der Waals surface area contributed by atoms with Gasteiger partial charge in [-0.15, -0.1) is 11.3 Å². The van der Waals surface area contributed by atoms with Crippen molar-refractivity contribution in [1.29, 1.82) is 0 Å². The SMILES string of the molecule is CCC(C(=O)Nc1ccc(C(C)=O)cc1)n1cnc2sc(C(=O)OC3CCCCC3)c(C)c2c1=O. The van der Waals surface area contributed by atoms with Gasteiger partial charge in [-0.1, -0.05) is 13.3 Å². The Morgan fingerprint density at radius 2 is 1.86 bits per heavy atom. The highest BCUT2D eigenvalue weighted by molar-refractivity contribution is 7.20. The van der Waals surface area contributed by atoms with Gasteiger partial charge in [-0.3, -0.25) is 19.0 Å². The number of hydrogen-bond donors (Lipinski definition) is 1. The lowest BCUT2D eigenvalue weighted by atomic mass is 9.98. The summed E-state index contributed by atoms with van der Waals surface area (Å²) in [5.74, 6) is -0.841. The Kier molecular flexibility index (Phi) is 7.45. The molecule has 1 amide bonds. The minimum Gasteiger partial charge on any atom is -0.458 e. The fourth-order valence-corrected chi connectivity index (χ4v) is 5.49. The third-order valence-corrected chi connectivity index (χ3v) is 7.65. The van der Waals surface area contributed by atoms with Crippen LogP contribution in [-0.2, 0) is 9.53 Å². The van der Waals surface area contributed by atoms with Crippen LogP contribution in [-0.4, -0.2) is 33.3 Å². The number of rotatable bonds is 7. The lowest BCUT2D eigenvalue weighted by Gasteiger charge is -2.21. The molecule has 1 aliphatic carbocycles. The second-order valence-electron chi connectivity index (χ2n) is 8.91. The van der Waals surface area contributed by atoms with Crippen LogP contribution >= 0.6 is 11.3 Å². The van der Waals surface area contributed by atoms with Gasteiger partial charge < -0.3 is 10.1 Å². The lowest BCUT2D eigenvalue weighted by Crippen LogP contribution is -2.33.